The van der Waals surface area contributed by atoms with Gasteiger partial charge in [0, 0.05) is 65.3 Å². The number of rotatable bonds is 7. The van der Waals surface area contributed by atoms with E-state index in [1.807, 2.05) is 26.1 Å². The summed E-state index contributed by atoms with van der Waals surface area (Å²) in [5.41, 5.74) is 9.88. The Morgan fingerprint density at radius 1 is 1.05 bits per heavy atom. The van der Waals surface area contributed by atoms with Crippen LogP contribution in [0.3, 0.4) is 0 Å². The van der Waals surface area contributed by atoms with Crippen LogP contribution in [0.15, 0.2) is 47.5 Å². The minimum Gasteiger partial charge on any atom is -0.345 e. The van der Waals surface area contributed by atoms with Crippen molar-refractivity contribution in [3.05, 3.63) is 86.7 Å². The van der Waals surface area contributed by atoms with E-state index in [-0.39, 0.29) is 5.56 Å². The minimum atomic E-state index is -0.00958. The number of piperidine rings is 1. The molecule has 1 aliphatic heterocycles. The van der Waals surface area contributed by atoms with Crippen LogP contribution in [0.1, 0.15) is 78.8 Å². The number of nitrogens with zero attached hydrogens (tertiary/aromatic N) is 2. The Morgan fingerprint density at radius 2 is 1.89 bits per heavy atom. The molecule has 1 aromatic carbocycles. The first-order valence-electron chi connectivity index (χ1n) is 13.6. The maximum atomic E-state index is 12.5. The Labute approximate surface area is 219 Å². The van der Waals surface area contributed by atoms with E-state index in [4.69, 9.17) is 4.98 Å². The van der Waals surface area contributed by atoms with Crippen molar-refractivity contribution in [3.63, 3.8) is 0 Å². The second-order valence-electron chi connectivity index (χ2n) is 10.9. The van der Waals surface area contributed by atoms with Crippen LogP contribution in [0, 0.1) is 20.8 Å². The molecule has 0 amide bonds. The molecule has 194 valence electrons. The average Bonchev–Trinajstić information content (AvgIpc) is 3.23. The standard InChI is InChI=1S/C31H39N5O/c1-19(2)36-18-21(4)30-25(15-32-17-26-20(3)12-22(5)35-31(26)37)13-24(14-29(30)36)23-9-10-28(34-16-23)27-8-6-7-11-33-27/h9-10,12-14,16,18-19,27,32-33H,6-8,11,15,17H2,1-5H3,(H,35,37). The van der Waals surface area contributed by atoms with Crippen molar-refractivity contribution in [2.45, 2.75) is 79.1 Å². The predicted octanol–water partition coefficient (Wildman–Crippen LogP) is 6.00. The van der Waals surface area contributed by atoms with Crippen LogP contribution in [0.25, 0.3) is 22.0 Å². The molecule has 0 aliphatic carbocycles. The smallest absolute Gasteiger partial charge is 0.252 e. The van der Waals surface area contributed by atoms with Crippen molar-refractivity contribution in [2.24, 2.45) is 0 Å². The third kappa shape index (κ3) is 5.27. The summed E-state index contributed by atoms with van der Waals surface area (Å²) in [5, 5.41) is 8.44. The second kappa shape index (κ2) is 10.6. The van der Waals surface area contributed by atoms with Gasteiger partial charge in [-0.05, 0) is 101 Å². The quantitative estimate of drug-likeness (QED) is 0.293. The molecular formula is C31H39N5O. The zero-order chi connectivity index (χ0) is 26.1. The van der Waals surface area contributed by atoms with Crippen molar-refractivity contribution < 1.29 is 0 Å². The summed E-state index contributed by atoms with van der Waals surface area (Å²) in [7, 11) is 0. The molecule has 3 N–H and O–H groups in total. The molecule has 5 rings (SSSR count). The summed E-state index contributed by atoms with van der Waals surface area (Å²) in [6.45, 7) is 12.8. The molecule has 4 heterocycles. The summed E-state index contributed by atoms with van der Waals surface area (Å²) < 4.78 is 2.36. The van der Waals surface area contributed by atoms with Crippen LogP contribution < -0.4 is 16.2 Å². The van der Waals surface area contributed by atoms with Crippen molar-refractivity contribution in [3.8, 4) is 11.1 Å². The van der Waals surface area contributed by atoms with E-state index in [9.17, 15) is 4.79 Å². The van der Waals surface area contributed by atoms with E-state index in [2.05, 4.69) is 71.4 Å². The van der Waals surface area contributed by atoms with Gasteiger partial charge in [0.05, 0.1) is 5.69 Å². The van der Waals surface area contributed by atoms with Gasteiger partial charge in [0.1, 0.15) is 0 Å². The maximum Gasteiger partial charge on any atom is 0.252 e. The van der Waals surface area contributed by atoms with E-state index in [1.165, 1.54) is 40.4 Å². The number of benzene rings is 1. The SMILES string of the molecule is Cc1cc(C)c(CNCc2cc(-c3ccc(C4CCCCN4)nc3)cc3c2c(C)cn3C(C)C)c(=O)[nH]1. The predicted molar refractivity (Wildman–Crippen MR) is 152 cm³/mol. The van der Waals surface area contributed by atoms with Gasteiger partial charge in [0.25, 0.3) is 5.56 Å². The normalized spacial score (nSPS) is 16.1. The van der Waals surface area contributed by atoms with Gasteiger partial charge in [-0.3, -0.25) is 9.78 Å². The Bertz CT molecular complexity index is 1460. The molecule has 0 radical (unpaired) electrons. The van der Waals surface area contributed by atoms with Crippen molar-refractivity contribution in [1.82, 2.24) is 25.2 Å². The molecule has 0 saturated carbocycles. The van der Waals surface area contributed by atoms with Crippen LogP contribution >= 0.6 is 0 Å². The topological polar surface area (TPSA) is 74.7 Å². The van der Waals surface area contributed by atoms with Gasteiger partial charge in [0.15, 0.2) is 0 Å². The van der Waals surface area contributed by atoms with E-state index >= 15 is 0 Å². The zero-order valence-corrected chi connectivity index (χ0v) is 22.7. The summed E-state index contributed by atoms with van der Waals surface area (Å²) in [4.78, 5) is 20.3. The third-order valence-corrected chi connectivity index (χ3v) is 7.66. The van der Waals surface area contributed by atoms with E-state index in [1.54, 1.807) is 0 Å². The van der Waals surface area contributed by atoms with Crippen LogP contribution in [-0.2, 0) is 13.1 Å². The number of aromatic nitrogens is 3. The number of pyridine rings is 2. The second-order valence-corrected chi connectivity index (χ2v) is 10.9. The largest absolute Gasteiger partial charge is 0.345 e. The monoisotopic (exact) mass is 497 g/mol. The molecule has 6 nitrogen and oxygen atoms in total. The fourth-order valence-electron chi connectivity index (χ4n) is 5.73. The molecule has 4 aromatic rings. The molecule has 1 atom stereocenters. The minimum absolute atomic E-state index is 0.00958. The number of hydrogen-bond donors (Lipinski definition) is 3. The first-order valence-corrected chi connectivity index (χ1v) is 13.6. The van der Waals surface area contributed by atoms with E-state index in [0.29, 0.717) is 25.2 Å². The lowest BCUT2D eigenvalue weighted by Crippen LogP contribution is -2.27. The van der Waals surface area contributed by atoms with Crippen LogP contribution in [-0.4, -0.2) is 21.1 Å². The van der Waals surface area contributed by atoms with Gasteiger partial charge < -0.3 is 20.2 Å². The van der Waals surface area contributed by atoms with Gasteiger partial charge in [-0.1, -0.05) is 12.5 Å². The van der Waals surface area contributed by atoms with Crippen LogP contribution in [0.2, 0.25) is 0 Å². The highest BCUT2D eigenvalue weighted by molar-refractivity contribution is 5.91. The summed E-state index contributed by atoms with van der Waals surface area (Å²) in [6, 6.07) is 11.7. The first kappa shape index (κ1) is 25.4. The molecule has 6 heteroatoms. The van der Waals surface area contributed by atoms with E-state index in [0.717, 1.165) is 41.0 Å². The van der Waals surface area contributed by atoms with Crippen LogP contribution in [0.5, 0.6) is 0 Å². The molecule has 1 saturated heterocycles. The first-order chi connectivity index (χ1) is 17.8. The summed E-state index contributed by atoms with van der Waals surface area (Å²) >= 11 is 0. The lowest BCUT2D eigenvalue weighted by molar-refractivity contribution is 0.405. The molecule has 0 spiro atoms. The van der Waals surface area contributed by atoms with Gasteiger partial charge in [-0.2, -0.15) is 0 Å². The Hall–Kier alpha value is -3.22. The molecule has 1 aliphatic rings. The Balaban J connectivity index is 1.48. The lowest BCUT2D eigenvalue weighted by atomic mass is 9.97. The van der Waals surface area contributed by atoms with Gasteiger partial charge in [-0.15, -0.1) is 0 Å². The van der Waals surface area contributed by atoms with E-state index < -0.39 is 0 Å². The van der Waals surface area contributed by atoms with Crippen molar-refractivity contribution in [1.29, 1.82) is 0 Å². The Morgan fingerprint density at radius 3 is 2.57 bits per heavy atom. The molecule has 37 heavy (non-hydrogen) atoms. The molecule has 0 bridgehead atoms. The molecular weight excluding hydrogens is 458 g/mol. The van der Waals surface area contributed by atoms with Crippen LogP contribution in [0.4, 0.5) is 0 Å². The van der Waals surface area contributed by atoms with Gasteiger partial charge in [-0.25, -0.2) is 0 Å². The fourth-order valence-corrected chi connectivity index (χ4v) is 5.73. The number of fused-ring (bicyclic) bond motifs is 1. The fraction of sp³-hybridized carbons (Fsp3) is 0.419. The number of H-pyrrole nitrogens is 1. The Kier molecular flexibility index (Phi) is 7.31. The highest BCUT2D eigenvalue weighted by atomic mass is 16.1. The molecule has 1 fully saturated rings. The summed E-state index contributed by atoms with van der Waals surface area (Å²) in [5.74, 6) is 0. The van der Waals surface area contributed by atoms with Crippen molar-refractivity contribution >= 4 is 10.9 Å². The van der Waals surface area contributed by atoms with Gasteiger partial charge in [0.2, 0.25) is 0 Å². The highest BCUT2D eigenvalue weighted by Crippen LogP contribution is 2.33. The zero-order valence-electron chi connectivity index (χ0n) is 22.7. The molecule has 1 unspecified atom stereocenters. The lowest BCUT2D eigenvalue weighted by Gasteiger charge is -2.23. The number of nitrogens with one attached hydrogen (secondary N) is 3. The maximum absolute atomic E-state index is 12.5. The highest BCUT2D eigenvalue weighted by Gasteiger charge is 2.18. The van der Waals surface area contributed by atoms with Gasteiger partial charge >= 0.3 is 0 Å². The third-order valence-electron chi connectivity index (χ3n) is 7.66. The van der Waals surface area contributed by atoms with Crippen molar-refractivity contribution in [2.75, 3.05) is 6.54 Å². The molecule has 3 aromatic heterocycles. The average molecular weight is 498 g/mol. The number of aryl methyl sites for hydroxylation is 3. The number of hydrogen-bond acceptors (Lipinski definition) is 4. The number of aromatic amines is 1. The summed E-state index contributed by atoms with van der Waals surface area (Å²) in [6.07, 6.45) is 7.94.